The lowest BCUT2D eigenvalue weighted by Gasteiger charge is -2.19. The van der Waals surface area contributed by atoms with Crippen LogP contribution in [-0.2, 0) is 0 Å². The molecule has 1 aromatic heterocycles. The third-order valence-electron chi connectivity index (χ3n) is 3.07. The van der Waals surface area contributed by atoms with Crippen molar-refractivity contribution in [3.63, 3.8) is 0 Å². The monoisotopic (exact) mass is 341 g/mol. The summed E-state index contributed by atoms with van der Waals surface area (Å²) in [5.74, 6) is 1.85. The summed E-state index contributed by atoms with van der Waals surface area (Å²) in [6.07, 6.45) is 0. The molecule has 1 unspecified atom stereocenters. The molecule has 0 amide bonds. The molecule has 0 saturated carbocycles. The predicted octanol–water partition coefficient (Wildman–Crippen LogP) is 5.01. The molecule has 19 heavy (non-hydrogen) atoms. The number of hydrogen-bond donors (Lipinski definition) is 1. The van der Waals surface area contributed by atoms with Crippen molar-refractivity contribution >= 4 is 27.5 Å². The average Bonchev–Trinajstić information content (AvgIpc) is 2.69. The van der Waals surface area contributed by atoms with Gasteiger partial charge in [0.05, 0.1) is 6.04 Å². The number of furan rings is 1. The van der Waals surface area contributed by atoms with E-state index in [1.54, 1.807) is 0 Å². The van der Waals surface area contributed by atoms with Crippen molar-refractivity contribution in [1.29, 1.82) is 0 Å². The third-order valence-corrected chi connectivity index (χ3v) is 3.91. The van der Waals surface area contributed by atoms with E-state index in [1.807, 2.05) is 26.0 Å². The van der Waals surface area contributed by atoms with E-state index in [1.165, 1.54) is 0 Å². The largest absolute Gasteiger partial charge is 0.466 e. The molecule has 2 nitrogen and oxygen atoms in total. The number of nitrogens with one attached hydrogen (secondary N) is 1. The van der Waals surface area contributed by atoms with Crippen molar-refractivity contribution in [3.05, 3.63) is 56.4 Å². The van der Waals surface area contributed by atoms with Gasteiger partial charge in [-0.2, -0.15) is 0 Å². The Morgan fingerprint density at radius 2 is 2.00 bits per heavy atom. The van der Waals surface area contributed by atoms with Gasteiger partial charge in [0.2, 0.25) is 0 Å². The van der Waals surface area contributed by atoms with Crippen LogP contribution in [0.15, 0.2) is 33.2 Å². The summed E-state index contributed by atoms with van der Waals surface area (Å²) < 4.78 is 6.66. The van der Waals surface area contributed by atoms with Crippen LogP contribution in [0.3, 0.4) is 0 Å². The molecule has 2 aromatic rings. The Hall–Kier alpha value is -0.770. The lowest BCUT2D eigenvalue weighted by molar-refractivity contribution is 0.495. The summed E-state index contributed by atoms with van der Waals surface area (Å²) in [4.78, 5) is 0. The van der Waals surface area contributed by atoms with E-state index in [0.29, 0.717) is 0 Å². The maximum Gasteiger partial charge on any atom is 0.106 e. The SMILES string of the molecule is CCNC(c1cc(Br)ccc1Cl)c1cc(C)oc1C. The smallest absolute Gasteiger partial charge is 0.106 e. The normalized spacial score (nSPS) is 12.7. The summed E-state index contributed by atoms with van der Waals surface area (Å²) in [5.41, 5.74) is 2.20. The fourth-order valence-electron chi connectivity index (χ4n) is 2.26. The molecular weight excluding hydrogens is 326 g/mol. The quantitative estimate of drug-likeness (QED) is 0.844. The first-order valence-corrected chi connectivity index (χ1v) is 7.45. The maximum absolute atomic E-state index is 6.34. The van der Waals surface area contributed by atoms with Crippen molar-refractivity contribution in [2.24, 2.45) is 0 Å². The van der Waals surface area contributed by atoms with Crippen molar-refractivity contribution in [2.45, 2.75) is 26.8 Å². The van der Waals surface area contributed by atoms with Crippen LogP contribution in [0.4, 0.5) is 0 Å². The Kier molecular flexibility index (Phi) is 4.71. The Balaban J connectivity index is 2.51. The van der Waals surface area contributed by atoms with Crippen LogP contribution in [0.25, 0.3) is 0 Å². The van der Waals surface area contributed by atoms with E-state index in [2.05, 4.69) is 40.3 Å². The van der Waals surface area contributed by atoms with Gasteiger partial charge in [-0.1, -0.05) is 34.5 Å². The molecule has 0 aliphatic rings. The number of benzene rings is 1. The van der Waals surface area contributed by atoms with Crippen molar-refractivity contribution in [3.8, 4) is 0 Å². The van der Waals surface area contributed by atoms with Gasteiger partial charge < -0.3 is 9.73 Å². The molecule has 0 aliphatic heterocycles. The molecule has 1 aromatic carbocycles. The lowest BCUT2D eigenvalue weighted by Crippen LogP contribution is -2.22. The molecule has 0 fully saturated rings. The number of hydrogen-bond acceptors (Lipinski definition) is 2. The Bertz CT molecular complexity index is 580. The van der Waals surface area contributed by atoms with Gasteiger partial charge in [0.1, 0.15) is 11.5 Å². The second-order valence-corrected chi connectivity index (χ2v) is 5.85. The Morgan fingerprint density at radius 1 is 1.26 bits per heavy atom. The minimum Gasteiger partial charge on any atom is -0.466 e. The van der Waals surface area contributed by atoms with Gasteiger partial charge in [-0.05, 0) is 50.2 Å². The van der Waals surface area contributed by atoms with Crippen molar-refractivity contribution in [2.75, 3.05) is 6.54 Å². The second-order valence-electron chi connectivity index (χ2n) is 4.53. The first-order valence-electron chi connectivity index (χ1n) is 6.28. The van der Waals surface area contributed by atoms with Crippen LogP contribution in [0.1, 0.15) is 35.6 Å². The van der Waals surface area contributed by atoms with E-state index < -0.39 is 0 Å². The van der Waals surface area contributed by atoms with E-state index in [4.69, 9.17) is 16.0 Å². The highest BCUT2D eigenvalue weighted by atomic mass is 79.9. The first kappa shape index (κ1) is 14.6. The Labute approximate surface area is 127 Å². The van der Waals surface area contributed by atoms with Crippen LogP contribution in [0.5, 0.6) is 0 Å². The minimum absolute atomic E-state index is 0.0486. The molecule has 1 heterocycles. The molecule has 0 radical (unpaired) electrons. The van der Waals surface area contributed by atoms with E-state index in [9.17, 15) is 0 Å². The van der Waals surface area contributed by atoms with Crippen LogP contribution in [0.2, 0.25) is 5.02 Å². The van der Waals surface area contributed by atoms with Crippen LogP contribution >= 0.6 is 27.5 Å². The van der Waals surface area contributed by atoms with Gasteiger partial charge in [0, 0.05) is 15.1 Å². The van der Waals surface area contributed by atoms with Gasteiger partial charge in [0.15, 0.2) is 0 Å². The number of aryl methyl sites for hydroxylation is 2. The number of halogens is 2. The van der Waals surface area contributed by atoms with Gasteiger partial charge in [-0.3, -0.25) is 0 Å². The first-order chi connectivity index (χ1) is 9.02. The lowest BCUT2D eigenvalue weighted by atomic mass is 9.99. The molecule has 1 atom stereocenters. The zero-order valence-corrected chi connectivity index (χ0v) is 13.6. The summed E-state index contributed by atoms with van der Waals surface area (Å²) in [7, 11) is 0. The minimum atomic E-state index is 0.0486. The van der Waals surface area contributed by atoms with Gasteiger partial charge in [-0.25, -0.2) is 0 Å². The van der Waals surface area contributed by atoms with Crippen molar-refractivity contribution in [1.82, 2.24) is 5.32 Å². The molecule has 0 saturated heterocycles. The molecule has 0 bridgehead atoms. The molecule has 0 aliphatic carbocycles. The highest BCUT2D eigenvalue weighted by Crippen LogP contribution is 2.33. The van der Waals surface area contributed by atoms with Gasteiger partial charge >= 0.3 is 0 Å². The average molecular weight is 343 g/mol. The highest BCUT2D eigenvalue weighted by molar-refractivity contribution is 9.10. The van der Waals surface area contributed by atoms with E-state index in [0.717, 1.165) is 38.7 Å². The summed E-state index contributed by atoms with van der Waals surface area (Å²) in [6, 6.07) is 8.03. The van der Waals surface area contributed by atoms with Crippen LogP contribution in [0, 0.1) is 13.8 Å². The zero-order chi connectivity index (χ0) is 14.0. The highest BCUT2D eigenvalue weighted by Gasteiger charge is 2.20. The van der Waals surface area contributed by atoms with E-state index >= 15 is 0 Å². The van der Waals surface area contributed by atoms with E-state index in [-0.39, 0.29) is 6.04 Å². The second kappa shape index (κ2) is 6.12. The van der Waals surface area contributed by atoms with Crippen molar-refractivity contribution < 1.29 is 4.42 Å². The molecule has 1 N–H and O–H groups in total. The fourth-order valence-corrected chi connectivity index (χ4v) is 2.87. The molecule has 102 valence electrons. The predicted molar refractivity (Wildman–Crippen MR) is 82.9 cm³/mol. The summed E-state index contributed by atoms with van der Waals surface area (Å²) >= 11 is 9.85. The third kappa shape index (κ3) is 3.22. The van der Waals surface area contributed by atoms with Crippen LogP contribution in [-0.4, -0.2) is 6.54 Å². The molecular formula is C15H17BrClNO. The Morgan fingerprint density at radius 3 is 2.58 bits per heavy atom. The topological polar surface area (TPSA) is 25.2 Å². The molecule has 2 rings (SSSR count). The fraction of sp³-hybridized carbons (Fsp3) is 0.333. The van der Waals surface area contributed by atoms with Gasteiger partial charge in [-0.15, -0.1) is 0 Å². The van der Waals surface area contributed by atoms with Gasteiger partial charge in [0.25, 0.3) is 0 Å². The summed E-state index contributed by atoms with van der Waals surface area (Å²) in [5, 5.41) is 4.23. The van der Waals surface area contributed by atoms with Crippen LogP contribution < -0.4 is 5.32 Å². The number of rotatable bonds is 4. The summed E-state index contributed by atoms with van der Waals surface area (Å²) in [6.45, 7) is 6.89. The standard InChI is InChI=1S/C15H17BrClNO/c1-4-18-15(12-7-9(2)19-10(12)3)13-8-11(16)5-6-14(13)17/h5-8,15,18H,4H2,1-3H3. The maximum atomic E-state index is 6.34. The molecule has 4 heteroatoms. The molecule has 0 spiro atoms. The zero-order valence-electron chi connectivity index (χ0n) is 11.3.